The number of benzene rings is 1. The van der Waals surface area contributed by atoms with Crippen molar-refractivity contribution < 1.29 is 9.47 Å². The second-order valence-corrected chi connectivity index (χ2v) is 4.21. The summed E-state index contributed by atoms with van der Waals surface area (Å²) in [6.07, 6.45) is 1.50. The van der Waals surface area contributed by atoms with Gasteiger partial charge in [-0.25, -0.2) is 9.97 Å². The molecule has 17 heavy (non-hydrogen) atoms. The van der Waals surface area contributed by atoms with Crippen molar-refractivity contribution in [3.63, 3.8) is 0 Å². The first-order valence-corrected chi connectivity index (χ1v) is 5.64. The Balaban J connectivity index is 2.60. The summed E-state index contributed by atoms with van der Waals surface area (Å²) in [5.74, 6) is 1.28. The maximum Gasteiger partial charge on any atom is 0.163 e. The average Bonchev–Trinajstić information content (AvgIpc) is 2.28. The van der Waals surface area contributed by atoms with Crippen LogP contribution in [-0.4, -0.2) is 23.2 Å². The maximum atomic E-state index is 6.00. The molecule has 0 saturated heterocycles. The fraction of sp³-hybridized carbons (Fsp3) is 0.333. The van der Waals surface area contributed by atoms with Crippen LogP contribution in [-0.2, 0) is 0 Å². The molecule has 0 saturated carbocycles. The van der Waals surface area contributed by atoms with Crippen molar-refractivity contribution in [3.05, 3.63) is 23.6 Å². The standard InChI is InChI=1S/C12H13ClN2O2/c1-7(2)17-11-5-9-8(4-10(11)16-3)12(13)15-6-14-9/h4-7H,1-3H3. The van der Waals surface area contributed by atoms with Crippen LogP contribution in [0.1, 0.15) is 13.8 Å². The number of halogens is 1. The van der Waals surface area contributed by atoms with Crippen molar-refractivity contribution in [2.75, 3.05) is 7.11 Å². The fourth-order valence-corrected chi connectivity index (χ4v) is 1.73. The second-order valence-electron chi connectivity index (χ2n) is 3.85. The van der Waals surface area contributed by atoms with Gasteiger partial charge in [0.25, 0.3) is 0 Å². The van der Waals surface area contributed by atoms with Gasteiger partial charge in [0.1, 0.15) is 11.5 Å². The van der Waals surface area contributed by atoms with Crippen LogP contribution < -0.4 is 9.47 Å². The molecule has 0 unspecified atom stereocenters. The van der Waals surface area contributed by atoms with E-state index in [1.165, 1.54) is 6.33 Å². The Hall–Kier alpha value is -1.55. The van der Waals surface area contributed by atoms with Crippen LogP contribution in [0.3, 0.4) is 0 Å². The first-order valence-electron chi connectivity index (χ1n) is 5.26. The molecule has 5 heteroatoms. The number of hydrogen-bond acceptors (Lipinski definition) is 4. The zero-order chi connectivity index (χ0) is 12.4. The molecule has 0 atom stereocenters. The fourth-order valence-electron chi connectivity index (χ4n) is 1.54. The van der Waals surface area contributed by atoms with Crippen LogP contribution in [0.5, 0.6) is 11.5 Å². The van der Waals surface area contributed by atoms with Crippen LogP contribution in [0.2, 0.25) is 5.15 Å². The number of nitrogens with zero attached hydrogens (tertiary/aromatic N) is 2. The molecule has 0 aliphatic rings. The Morgan fingerprint density at radius 2 is 1.94 bits per heavy atom. The van der Waals surface area contributed by atoms with Gasteiger partial charge in [0, 0.05) is 11.5 Å². The van der Waals surface area contributed by atoms with E-state index in [-0.39, 0.29) is 6.10 Å². The molecule has 1 aromatic carbocycles. The zero-order valence-electron chi connectivity index (χ0n) is 9.90. The zero-order valence-corrected chi connectivity index (χ0v) is 10.7. The van der Waals surface area contributed by atoms with Gasteiger partial charge in [-0.15, -0.1) is 0 Å². The van der Waals surface area contributed by atoms with Gasteiger partial charge >= 0.3 is 0 Å². The predicted octanol–water partition coefficient (Wildman–Crippen LogP) is 3.08. The van der Waals surface area contributed by atoms with Crippen molar-refractivity contribution in [2.45, 2.75) is 20.0 Å². The highest BCUT2D eigenvalue weighted by molar-refractivity contribution is 6.34. The van der Waals surface area contributed by atoms with E-state index in [1.807, 2.05) is 19.9 Å². The van der Waals surface area contributed by atoms with Crippen LogP contribution in [0.25, 0.3) is 10.9 Å². The maximum absolute atomic E-state index is 6.00. The molecule has 1 heterocycles. The quantitative estimate of drug-likeness (QED) is 0.788. The number of rotatable bonds is 3. The summed E-state index contributed by atoms with van der Waals surface area (Å²) < 4.78 is 10.9. The van der Waals surface area contributed by atoms with Gasteiger partial charge in [-0.1, -0.05) is 11.6 Å². The lowest BCUT2D eigenvalue weighted by molar-refractivity contribution is 0.230. The molecule has 2 aromatic rings. The van der Waals surface area contributed by atoms with E-state index in [9.17, 15) is 0 Å². The molecule has 0 spiro atoms. The number of ether oxygens (including phenoxy) is 2. The highest BCUT2D eigenvalue weighted by atomic mass is 35.5. The van der Waals surface area contributed by atoms with E-state index >= 15 is 0 Å². The number of methoxy groups -OCH3 is 1. The lowest BCUT2D eigenvalue weighted by Gasteiger charge is -2.14. The lowest BCUT2D eigenvalue weighted by atomic mass is 10.2. The predicted molar refractivity (Wildman–Crippen MR) is 66.9 cm³/mol. The van der Waals surface area contributed by atoms with Gasteiger partial charge in [0.2, 0.25) is 0 Å². The van der Waals surface area contributed by atoms with Gasteiger partial charge in [-0.05, 0) is 19.9 Å². The van der Waals surface area contributed by atoms with Gasteiger partial charge in [0.15, 0.2) is 11.5 Å². The van der Waals surface area contributed by atoms with Crippen molar-refractivity contribution in [2.24, 2.45) is 0 Å². The third kappa shape index (κ3) is 2.42. The number of aromatic nitrogens is 2. The van der Waals surface area contributed by atoms with E-state index in [4.69, 9.17) is 21.1 Å². The molecule has 0 bridgehead atoms. The normalized spacial score (nSPS) is 10.9. The van der Waals surface area contributed by atoms with Crippen LogP contribution in [0, 0.1) is 0 Å². The Kier molecular flexibility index (Phi) is 3.33. The molecule has 0 amide bonds. The van der Waals surface area contributed by atoms with E-state index < -0.39 is 0 Å². The van der Waals surface area contributed by atoms with Crippen molar-refractivity contribution >= 4 is 22.5 Å². The van der Waals surface area contributed by atoms with Gasteiger partial charge in [0.05, 0.1) is 18.7 Å². The van der Waals surface area contributed by atoms with Gasteiger partial charge < -0.3 is 9.47 Å². The van der Waals surface area contributed by atoms with E-state index in [1.54, 1.807) is 13.2 Å². The molecule has 0 aliphatic carbocycles. The summed E-state index contributed by atoms with van der Waals surface area (Å²) in [6, 6.07) is 3.59. The minimum Gasteiger partial charge on any atom is -0.493 e. The van der Waals surface area contributed by atoms with Crippen LogP contribution in [0.4, 0.5) is 0 Å². The SMILES string of the molecule is COc1cc2c(Cl)ncnc2cc1OC(C)C. The summed E-state index contributed by atoms with van der Waals surface area (Å²) in [5, 5.41) is 1.16. The van der Waals surface area contributed by atoms with Crippen molar-refractivity contribution in [3.8, 4) is 11.5 Å². The summed E-state index contributed by atoms with van der Waals surface area (Å²) in [5.41, 5.74) is 0.737. The number of fused-ring (bicyclic) bond motifs is 1. The molecule has 0 N–H and O–H groups in total. The molecule has 0 radical (unpaired) electrons. The third-order valence-electron chi connectivity index (χ3n) is 2.23. The van der Waals surface area contributed by atoms with Crippen LogP contribution >= 0.6 is 11.6 Å². The topological polar surface area (TPSA) is 44.2 Å². The molecular formula is C12H13ClN2O2. The van der Waals surface area contributed by atoms with Crippen molar-refractivity contribution in [1.29, 1.82) is 0 Å². The Labute approximate surface area is 105 Å². The highest BCUT2D eigenvalue weighted by Crippen LogP contribution is 2.34. The minimum absolute atomic E-state index is 0.0682. The Morgan fingerprint density at radius 3 is 2.59 bits per heavy atom. The van der Waals surface area contributed by atoms with E-state index in [2.05, 4.69) is 9.97 Å². The monoisotopic (exact) mass is 252 g/mol. The highest BCUT2D eigenvalue weighted by Gasteiger charge is 2.11. The van der Waals surface area contributed by atoms with E-state index in [0.717, 1.165) is 10.9 Å². The lowest BCUT2D eigenvalue weighted by Crippen LogP contribution is -2.06. The van der Waals surface area contributed by atoms with Crippen LogP contribution in [0.15, 0.2) is 18.5 Å². The number of hydrogen-bond donors (Lipinski definition) is 0. The Morgan fingerprint density at radius 1 is 1.18 bits per heavy atom. The summed E-state index contributed by atoms with van der Waals surface area (Å²) >= 11 is 6.00. The molecule has 4 nitrogen and oxygen atoms in total. The molecule has 2 rings (SSSR count). The third-order valence-corrected chi connectivity index (χ3v) is 2.54. The molecule has 90 valence electrons. The summed E-state index contributed by atoms with van der Waals surface area (Å²) in [4.78, 5) is 8.09. The summed E-state index contributed by atoms with van der Waals surface area (Å²) in [6.45, 7) is 3.91. The summed E-state index contributed by atoms with van der Waals surface area (Å²) in [7, 11) is 1.59. The molecular weight excluding hydrogens is 240 g/mol. The first-order chi connectivity index (χ1) is 8.11. The molecule has 0 aliphatic heterocycles. The smallest absolute Gasteiger partial charge is 0.163 e. The average molecular weight is 253 g/mol. The van der Waals surface area contributed by atoms with E-state index in [0.29, 0.717) is 16.7 Å². The van der Waals surface area contributed by atoms with Gasteiger partial charge in [-0.3, -0.25) is 0 Å². The minimum atomic E-state index is 0.0682. The molecule has 1 aromatic heterocycles. The Bertz CT molecular complexity index is 543. The molecule has 0 fully saturated rings. The second kappa shape index (κ2) is 4.75. The largest absolute Gasteiger partial charge is 0.493 e. The van der Waals surface area contributed by atoms with Gasteiger partial charge in [-0.2, -0.15) is 0 Å². The first kappa shape index (κ1) is 11.9. The van der Waals surface area contributed by atoms with Crippen molar-refractivity contribution in [1.82, 2.24) is 9.97 Å².